The Morgan fingerprint density at radius 2 is 1.79 bits per heavy atom. The number of benzene rings is 2. The van der Waals surface area contributed by atoms with E-state index in [9.17, 15) is 21.6 Å². The number of aromatic nitrogens is 1. The van der Waals surface area contributed by atoms with Gasteiger partial charge >= 0.3 is 6.18 Å². The summed E-state index contributed by atoms with van der Waals surface area (Å²) in [5.74, 6) is -1.24. The van der Waals surface area contributed by atoms with Gasteiger partial charge in [0.25, 0.3) is 0 Å². The molecule has 0 saturated carbocycles. The lowest BCUT2D eigenvalue weighted by atomic mass is 10.1. The predicted molar refractivity (Wildman–Crippen MR) is 97.0 cm³/mol. The van der Waals surface area contributed by atoms with Gasteiger partial charge in [-0.25, -0.2) is 13.1 Å². The predicted octanol–water partition coefficient (Wildman–Crippen LogP) is 4.19. The maximum atomic E-state index is 12.7. The van der Waals surface area contributed by atoms with Crippen LogP contribution in [0.4, 0.5) is 13.2 Å². The van der Waals surface area contributed by atoms with E-state index in [4.69, 9.17) is 0 Å². The van der Waals surface area contributed by atoms with Crippen LogP contribution in [0.5, 0.6) is 0 Å². The van der Waals surface area contributed by atoms with E-state index >= 15 is 0 Å². The molecule has 5 nitrogen and oxygen atoms in total. The van der Waals surface area contributed by atoms with Crippen LogP contribution in [0.15, 0.2) is 64.0 Å². The molecule has 3 rings (SSSR count). The fourth-order valence-electron chi connectivity index (χ4n) is 2.65. The van der Waals surface area contributed by atoms with E-state index in [-0.39, 0.29) is 22.7 Å². The van der Waals surface area contributed by atoms with Crippen molar-refractivity contribution in [1.82, 2.24) is 9.88 Å². The highest BCUT2D eigenvalue weighted by molar-refractivity contribution is 7.89. The molecule has 0 aliphatic carbocycles. The summed E-state index contributed by atoms with van der Waals surface area (Å²) in [6.45, 7) is 1.80. The van der Waals surface area contributed by atoms with Gasteiger partial charge in [-0.05, 0) is 30.5 Å². The van der Waals surface area contributed by atoms with Crippen molar-refractivity contribution >= 4 is 10.0 Å². The molecule has 9 heteroatoms. The summed E-state index contributed by atoms with van der Waals surface area (Å²) in [5.41, 5.74) is 1.58. The lowest BCUT2D eigenvalue weighted by Gasteiger charge is -2.10. The fourth-order valence-corrected chi connectivity index (χ4v) is 3.95. The minimum absolute atomic E-state index is 0.0189. The maximum Gasteiger partial charge on any atom is 0.452 e. The molecule has 0 aliphatic heterocycles. The van der Waals surface area contributed by atoms with Crippen LogP contribution in [0.1, 0.15) is 16.9 Å². The smallest absolute Gasteiger partial charge is 0.351 e. The number of nitrogens with one attached hydrogen (secondary N) is 1. The molecule has 0 atom stereocenters. The average Bonchev–Trinajstić information content (AvgIpc) is 3.13. The second-order valence-electron chi connectivity index (χ2n) is 6.19. The zero-order valence-corrected chi connectivity index (χ0v) is 15.6. The molecule has 1 aromatic heterocycles. The van der Waals surface area contributed by atoms with E-state index < -0.39 is 22.0 Å². The first-order valence-electron chi connectivity index (χ1n) is 8.35. The molecular weight excluding hydrogens is 393 g/mol. The minimum atomic E-state index is -4.66. The number of nitrogens with zero attached hydrogens (tertiary/aromatic N) is 1. The second kappa shape index (κ2) is 7.76. The number of hydrogen-bond donors (Lipinski definition) is 1. The van der Waals surface area contributed by atoms with Gasteiger partial charge in [0.15, 0.2) is 0 Å². The van der Waals surface area contributed by atoms with Crippen molar-refractivity contribution in [1.29, 1.82) is 0 Å². The Labute approximate surface area is 160 Å². The summed E-state index contributed by atoms with van der Waals surface area (Å²) < 4.78 is 70.2. The minimum Gasteiger partial charge on any atom is -0.351 e. The lowest BCUT2D eigenvalue weighted by molar-refractivity contribution is -0.155. The Bertz CT molecular complexity index is 1060. The zero-order chi connectivity index (χ0) is 20.4. The first-order chi connectivity index (χ1) is 13.2. The van der Waals surface area contributed by atoms with Gasteiger partial charge in [-0.15, -0.1) is 0 Å². The highest BCUT2D eigenvalue weighted by atomic mass is 32.2. The van der Waals surface area contributed by atoms with E-state index in [1.165, 1.54) is 18.2 Å². The highest BCUT2D eigenvalue weighted by Gasteiger charge is 2.36. The molecule has 0 saturated heterocycles. The number of alkyl halides is 3. The van der Waals surface area contributed by atoms with Crippen molar-refractivity contribution in [2.45, 2.75) is 24.4 Å². The molecule has 0 amide bonds. The third-order valence-corrected chi connectivity index (χ3v) is 5.71. The zero-order valence-electron chi connectivity index (χ0n) is 14.8. The molecule has 0 radical (unpaired) electrons. The fraction of sp³-hybridized carbons (Fsp3) is 0.211. The highest BCUT2D eigenvalue weighted by Crippen LogP contribution is 2.33. The molecule has 1 heterocycles. The number of aryl methyl sites for hydroxylation is 1. The number of sulfonamides is 1. The second-order valence-corrected chi connectivity index (χ2v) is 7.92. The van der Waals surface area contributed by atoms with Crippen molar-refractivity contribution in [2.75, 3.05) is 6.54 Å². The Kier molecular flexibility index (Phi) is 5.57. The Balaban J connectivity index is 1.81. The van der Waals surface area contributed by atoms with Crippen LogP contribution in [0, 0.1) is 6.92 Å². The average molecular weight is 410 g/mol. The van der Waals surface area contributed by atoms with Crippen LogP contribution in [-0.2, 0) is 22.6 Å². The van der Waals surface area contributed by atoms with Gasteiger partial charge < -0.3 is 4.52 Å². The van der Waals surface area contributed by atoms with Crippen LogP contribution in [-0.4, -0.2) is 20.1 Å². The number of halogens is 3. The van der Waals surface area contributed by atoms with Gasteiger partial charge in [0, 0.05) is 18.2 Å². The molecule has 0 aliphatic rings. The van der Waals surface area contributed by atoms with E-state index in [2.05, 4.69) is 14.4 Å². The SMILES string of the molecule is Cc1ccc(-c2cc(C(F)(F)F)on2)cc1S(=O)(=O)NCCc1ccccc1. The van der Waals surface area contributed by atoms with E-state index in [0.29, 0.717) is 12.0 Å². The summed E-state index contributed by atoms with van der Waals surface area (Å²) in [4.78, 5) is -0.0189. The molecule has 0 spiro atoms. The van der Waals surface area contributed by atoms with Crippen molar-refractivity contribution in [2.24, 2.45) is 0 Å². The normalized spacial score (nSPS) is 12.3. The quantitative estimate of drug-likeness (QED) is 0.662. The van der Waals surface area contributed by atoms with Crippen molar-refractivity contribution < 1.29 is 26.1 Å². The van der Waals surface area contributed by atoms with Crippen LogP contribution < -0.4 is 4.72 Å². The summed E-state index contributed by atoms with van der Waals surface area (Å²) in [6.07, 6.45) is -4.15. The van der Waals surface area contributed by atoms with Crippen LogP contribution in [0.3, 0.4) is 0 Å². The van der Waals surface area contributed by atoms with Crippen LogP contribution in [0.25, 0.3) is 11.3 Å². The van der Waals surface area contributed by atoms with E-state index in [1.807, 2.05) is 30.3 Å². The Hall–Kier alpha value is -2.65. The van der Waals surface area contributed by atoms with E-state index in [1.54, 1.807) is 6.92 Å². The van der Waals surface area contributed by atoms with Crippen LogP contribution in [0.2, 0.25) is 0 Å². The number of hydrogen-bond acceptors (Lipinski definition) is 4. The third-order valence-electron chi connectivity index (χ3n) is 4.11. The maximum absolute atomic E-state index is 12.7. The van der Waals surface area contributed by atoms with Gasteiger partial charge in [0.05, 0.1) is 4.90 Å². The summed E-state index contributed by atoms with van der Waals surface area (Å²) in [6, 6.07) is 14.4. The van der Waals surface area contributed by atoms with E-state index in [0.717, 1.165) is 11.6 Å². The largest absolute Gasteiger partial charge is 0.452 e. The van der Waals surface area contributed by atoms with Crippen molar-refractivity contribution in [3.05, 3.63) is 71.5 Å². The monoisotopic (exact) mass is 410 g/mol. The third kappa shape index (κ3) is 4.60. The first kappa shape index (κ1) is 20.1. The van der Waals surface area contributed by atoms with Crippen molar-refractivity contribution in [3.63, 3.8) is 0 Å². The molecule has 28 heavy (non-hydrogen) atoms. The van der Waals surface area contributed by atoms with Gasteiger partial charge in [-0.2, -0.15) is 13.2 Å². The Morgan fingerprint density at radius 3 is 2.43 bits per heavy atom. The molecule has 3 aromatic rings. The molecule has 0 bridgehead atoms. The Morgan fingerprint density at radius 1 is 1.07 bits per heavy atom. The molecular formula is C19H17F3N2O3S. The standard InChI is InChI=1S/C19H17F3N2O3S/c1-13-7-8-15(16-12-18(27-24-16)19(20,21)22)11-17(13)28(25,26)23-10-9-14-5-3-2-4-6-14/h2-8,11-12,23H,9-10H2,1H3. The first-order valence-corrected chi connectivity index (χ1v) is 9.84. The number of rotatable bonds is 6. The summed E-state index contributed by atoms with van der Waals surface area (Å²) in [5, 5.41) is 3.40. The molecule has 0 fully saturated rings. The van der Waals surface area contributed by atoms with Gasteiger partial charge in [-0.1, -0.05) is 47.6 Å². The van der Waals surface area contributed by atoms with Gasteiger partial charge in [0.1, 0.15) is 5.69 Å². The molecule has 0 unspecified atom stereocenters. The molecule has 2 aromatic carbocycles. The van der Waals surface area contributed by atoms with Crippen LogP contribution >= 0.6 is 0 Å². The summed E-state index contributed by atoms with van der Waals surface area (Å²) in [7, 11) is -3.84. The van der Waals surface area contributed by atoms with Gasteiger partial charge in [-0.3, -0.25) is 0 Å². The topological polar surface area (TPSA) is 72.2 Å². The van der Waals surface area contributed by atoms with Gasteiger partial charge in [0.2, 0.25) is 15.8 Å². The molecule has 148 valence electrons. The summed E-state index contributed by atoms with van der Waals surface area (Å²) >= 11 is 0. The molecule has 1 N–H and O–H groups in total. The van der Waals surface area contributed by atoms with Crippen molar-refractivity contribution in [3.8, 4) is 11.3 Å². The lowest BCUT2D eigenvalue weighted by Crippen LogP contribution is -2.26.